The lowest BCUT2D eigenvalue weighted by Gasteiger charge is -2.29. The van der Waals surface area contributed by atoms with E-state index >= 15 is 0 Å². The van der Waals surface area contributed by atoms with Gasteiger partial charge in [0.1, 0.15) is 5.60 Å². The lowest BCUT2D eigenvalue weighted by molar-refractivity contribution is -0.147. The first-order valence-electron chi connectivity index (χ1n) is 7.23. The number of hydrogen-bond donors (Lipinski definition) is 2. The molecule has 2 rings (SSSR count). The average molecular weight is 341 g/mol. The van der Waals surface area contributed by atoms with Gasteiger partial charge in [0.05, 0.1) is 17.8 Å². The van der Waals surface area contributed by atoms with Crippen molar-refractivity contribution >= 4 is 29.4 Å². The number of methoxy groups -OCH3 is 1. The summed E-state index contributed by atoms with van der Waals surface area (Å²) in [5.74, 6) is -0.617. The van der Waals surface area contributed by atoms with Crippen molar-refractivity contribution in [2.45, 2.75) is 45.4 Å². The summed E-state index contributed by atoms with van der Waals surface area (Å²) >= 11 is 6.23. The summed E-state index contributed by atoms with van der Waals surface area (Å²) in [5, 5.41) is 6.06. The predicted molar refractivity (Wildman–Crippen MR) is 87.6 cm³/mol. The molecule has 1 aliphatic heterocycles. The summed E-state index contributed by atoms with van der Waals surface area (Å²) in [6.45, 7) is 7.14. The van der Waals surface area contributed by atoms with Crippen molar-refractivity contribution in [1.29, 1.82) is 0 Å². The molecule has 0 radical (unpaired) electrons. The molecule has 1 aromatic carbocycles. The van der Waals surface area contributed by atoms with Gasteiger partial charge in [0.25, 0.3) is 0 Å². The molecular weight excluding hydrogens is 320 g/mol. The molecule has 6 nitrogen and oxygen atoms in total. The molecule has 1 amide bonds. The maximum Gasteiger partial charge on any atom is 0.409 e. The van der Waals surface area contributed by atoms with Crippen molar-refractivity contribution in [3.63, 3.8) is 0 Å². The topological polar surface area (TPSA) is 76.7 Å². The Balaban J connectivity index is 2.32. The van der Waals surface area contributed by atoms with Gasteiger partial charge < -0.3 is 14.8 Å². The molecule has 1 heterocycles. The number of anilines is 1. The number of rotatable bonds is 2. The first kappa shape index (κ1) is 17.4. The molecule has 0 spiro atoms. The lowest BCUT2D eigenvalue weighted by atomic mass is 10.0. The molecule has 1 aliphatic rings. The Labute approximate surface area is 140 Å². The molecule has 0 saturated heterocycles. The van der Waals surface area contributed by atoms with Crippen LogP contribution in [-0.4, -0.2) is 30.4 Å². The van der Waals surface area contributed by atoms with Crippen molar-refractivity contribution in [3.05, 3.63) is 28.3 Å². The van der Waals surface area contributed by atoms with Gasteiger partial charge >= 0.3 is 12.1 Å². The third kappa shape index (κ3) is 3.69. The highest BCUT2D eigenvalue weighted by molar-refractivity contribution is 6.33. The van der Waals surface area contributed by atoms with Crippen LogP contribution in [-0.2, 0) is 20.7 Å². The molecule has 1 unspecified atom stereocenters. The van der Waals surface area contributed by atoms with Gasteiger partial charge in [0.15, 0.2) is 0 Å². The van der Waals surface area contributed by atoms with Crippen LogP contribution < -0.4 is 10.6 Å². The molecule has 1 aromatic rings. The minimum atomic E-state index is -1.43. The van der Waals surface area contributed by atoms with Crippen LogP contribution in [0.15, 0.2) is 12.1 Å². The van der Waals surface area contributed by atoms with Crippen LogP contribution in [0.5, 0.6) is 0 Å². The smallest absolute Gasteiger partial charge is 0.409 e. The fourth-order valence-corrected chi connectivity index (χ4v) is 2.88. The Hall–Kier alpha value is -1.95. The maximum absolute atomic E-state index is 12.3. The molecule has 2 N–H and O–H groups in total. The number of fused-ring (bicyclic) bond motifs is 1. The van der Waals surface area contributed by atoms with E-state index in [-0.39, 0.29) is 6.42 Å². The van der Waals surface area contributed by atoms with E-state index in [0.717, 1.165) is 11.1 Å². The highest BCUT2D eigenvalue weighted by Crippen LogP contribution is 2.38. The molecule has 0 bridgehead atoms. The summed E-state index contributed by atoms with van der Waals surface area (Å²) in [5.41, 5.74) is 0.293. The molecule has 1 atom stereocenters. The number of nitrogens with one attached hydrogen (secondary N) is 2. The zero-order chi connectivity index (χ0) is 17.4. The van der Waals surface area contributed by atoms with Gasteiger partial charge in [-0.3, -0.25) is 5.32 Å². The van der Waals surface area contributed by atoms with Crippen molar-refractivity contribution in [2.75, 3.05) is 12.4 Å². The van der Waals surface area contributed by atoms with Gasteiger partial charge in [-0.15, -0.1) is 0 Å². The van der Waals surface area contributed by atoms with Crippen molar-refractivity contribution in [3.8, 4) is 0 Å². The molecular formula is C16H21ClN2O4. The molecule has 0 aromatic heterocycles. The normalized spacial score (nSPS) is 19.6. The third-order valence-corrected chi connectivity index (χ3v) is 3.66. The zero-order valence-corrected chi connectivity index (χ0v) is 14.6. The summed E-state index contributed by atoms with van der Waals surface area (Å²) in [6.07, 6.45) is -0.494. The first-order chi connectivity index (χ1) is 10.6. The Morgan fingerprint density at radius 1 is 1.35 bits per heavy atom. The maximum atomic E-state index is 12.3. The Morgan fingerprint density at radius 2 is 2.00 bits per heavy atom. The zero-order valence-electron chi connectivity index (χ0n) is 13.9. The number of carbonyl (C=O) groups excluding carboxylic acids is 2. The van der Waals surface area contributed by atoms with E-state index in [0.29, 0.717) is 10.7 Å². The largest absolute Gasteiger partial charge is 0.466 e. The van der Waals surface area contributed by atoms with Gasteiger partial charge in [-0.1, -0.05) is 17.7 Å². The van der Waals surface area contributed by atoms with E-state index in [9.17, 15) is 9.59 Å². The van der Waals surface area contributed by atoms with Gasteiger partial charge in [-0.25, -0.2) is 9.59 Å². The van der Waals surface area contributed by atoms with Crippen LogP contribution in [0.25, 0.3) is 0 Å². The van der Waals surface area contributed by atoms with E-state index in [1.54, 1.807) is 26.8 Å². The standard InChI is InChI=1S/C16H21ClN2O4/c1-9-6-10-8-16(13(20)22-5,18-12(10)11(17)7-9)19-14(21)23-15(2,3)4/h6-7,18H,8H2,1-5H3,(H,19,21). The van der Waals surface area contributed by atoms with Crippen LogP contribution in [0, 0.1) is 6.92 Å². The number of halogens is 1. The molecule has 7 heteroatoms. The van der Waals surface area contributed by atoms with E-state index in [1.807, 2.05) is 13.0 Å². The van der Waals surface area contributed by atoms with Gasteiger partial charge in [0, 0.05) is 6.42 Å². The van der Waals surface area contributed by atoms with Gasteiger partial charge in [-0.2, -0.15) is 0 Å². The first-order valence-corrected chi connectivity index (χ1v) is 7.61. The summed E-state index contributed by atoms with van der Waals surface area (Å²) in [4.78, 5) is 24.4. The van der Waals surface area contributed by atoms with Gasteiger partial charge in [0.2, 0.25) is 5.66 Å². The van der Waals surface area contributed by atoms with Crippen LogP contribution in [0.1, 0.15) is 31.9 Å². The second-order valence-electron chi connectivity index (χ2n) is 6.61. The van der Waals surface area contributed by atoms with Crippen LogP contribution >= 0.6 is 11.6 Å². The summed E-state index contributed by atoms with van der Waals surface area (Å²) in [7, 11) is 1.26. The number of alkyl carbamates (subject to hydrolysis) is 1. The molecule has 126 valence electrons. The Morgan fingerprint density at radius 3 is 2.57 bits per heavy atom. The number of amides is 1. The minimum absolute atomic E-state index is 0.218. The summed E-state index contributed by atoms with van der Waals surface area (Å²) in [6, 6.07) is 3.70. The number of aryl methyl sites for hydroxylation is 1. The highest BCUT2D eigenvalue weighted by atomic mass is 35.5. The van der Waals surface area contributed by atoms with Crippen LogP contribution in [0.2, 0.25) is 5.02 Å². The average Bonchev–Trinajstić information content (AvgIpc) is 2.75. The van der Waals surface area contributed by atoms with E-state index in [1.165, 1.54) is 7.11 Å². The number of benzene rings is 1. The molecule has 0 saturated carbocycles. The number of hydrogen-bond acceptors (Lipinski definition) is 5. The predicted octanol–water partition coefficient (Wildman–Crippen LogP) is 3.01. The summed E-state index contributed by atoms with van der Waals surface area (Å²) < 4.78 is 10.1. The van der Waals surface area contributed by atoms with E-state index in [2.05, 4.69) is 10.6 Å². The lowest BCUT2D eigenvalue weighted by Crippen LogP contribution is -2.60. The Kier molecular flexibility index (Phi) is 4.48. The second-order valence-corrected chi connectivity index (χ2v) is 7.01. The fraction of sp³-hybridized carbons (Fsp3) is 0.500. The second kappa shape index (κ2) is 5.92. The fourth-order valence-electron chi connectivity index (χ4n) is 2.54. The van der Waals surface area contributed by atoms with Crippen molar-refractivity contribution in [2.24, 2.45) is 0 Å². The SMILES string of the molecule is COC(=O)C1(NC(=O)OC(C)(C)C)Cc2cc(C)cc(Cl)c2N1. The van der Waals surface area contributed by atoms with Crippen molar-refractivity contribution in [1.82, 2.24) is 5.32 Å². The van der Waals surface area contributed by atoms with Crippen molar-refractivity contribution < 1.29 is 19.1 Å². The molecule has 0 aliphatic carbocycles. The van der Waals surface area contributed by atoms with E-state index in [4.69, 9.17) is 21.1 Å². The van der Waals surface area contributed by atoms with Gasteiger partial charge in [-0.05, 0) is 44.9 Å². The van der Waals surface area contributed by atoms with E-state index < -0.39 is 23.3 Å². The Bertz CT molecular complexity index is 654. The third-order valence-electron chi connectivity index (χ3n) is 3.36. The number of carbonyl (C=O) groups is 2. The van der Waals surface area contributed by atoms with Crippen LogP contribution in [0.3, 0.4) is 0 Å². The monoisotopic (exact) mass is 340 g/mol. The highest BCUT2D eigenvalue weighted by Gasteiger charge is 2.47. The molecule has 23 heavy (non-hydrogen) atoms. The number of esters is 1. The molecule has 0 fully saturated rings. The number of ether oxygens (including phenoxy) is 2. The van der Waals surface area contributed by atoms with Crippen LogP contribution in [0.4, 0.5) is 10.5 Å². The minimum Gasteiger partial charge on any atom is -0.466 e. The quantitative estimate of drug-likeness (QED) is 0.809.